The minimum Gasteiger partial charge on any atom is -0.460 e. The Kier molecular flexibility index (Phi) is 9.46. The van der Waals surface area contributed by atoms with Gasteiger partial charge in [0, 0.05) is 18.7 Å². The van der Waals surface area contributed by atoms with Gasteiger partial charge in [0.1, 0.15) is 6.61 Å². The second kappa shape index (κ2) is 9.31. The lowest BCUT2D eigenvalue weighted by molar-refractivity contribution is -0.237. The molecule has 0 saturated heterocycles. The van der Waals surface area contributed by atoms with Gasteiger partial charge in [-0.05, 0) is 0 Å². The van der Waals surface area contributed by atoms with Gasteiger partial charge in [-0.2, -0.15) is 0 Å². The van der Waals surface area contributed by atoms with E-state index in [1.807, 2.05) is 0 Å². The summed E-state index contributed by atoms with van der Waals surface area (Å²) in [5.41, 5.74) is 0. The van der Waals surface area contributed by atoms with Crippen LogP contribution in [0.15, 0.2) is 0 Å². The largest absolute Gasteiger partial charge is 0.460 e. The molecule has 0 amide bonds. The van der Waals surface area contributed by atoms with Crippen LogP contribution < -0.4 is 0 Å². The third-order valence-electron chi connectivity index (χ3n) is 1.59. The molecule has 0 atom stereocenters. The minimum absolute atomic E-state index is 0.102. The van der Waals surface area contributed by atoms with E-state index in [1.165, 1.54) is 6.92 Å². The maximum Gasteiger partial charge on any atom is 0.366 e. The summed E-state index contributed by atoms with van der Waals surface area (Å²) in [6, 6.07) is 0. The van der Waals surface area contributed by atoms with E-state index in [0.717, 1.165) is 0 Å². The van der Waals surface area contributed by atoms with Gasteiger partial charge in [0.05, 0.1) is 19.1 Å². The van der Waals surface area contributed by atoms with Gasteiger partial charge in [-0.3, -0.25) is 0 Å². The first-order valence-corrected chi connectivity index (χ1v) is 6.34. The molecule has 0 aromatic rings. The van der Waals surface area contributed by atoms with Crippen LogP contribution in [0.25, 0.3) is 0 Å². The van der Waals surface area contributed by atoms with E-state index in [0.29, 0.717) is 0 Å². The van der Waals surface area contributed by atoms with Crippen LogP contribution >= 0.6 is 34.8 Å². The maximum absolute atomic E-state index is 11.6. The van der Waals surface area contributed by atoms with Gasteiger partial charge >= 0.3 is 5.97 Å². The normalized spacial score (nSPS) is 11.5. The number of hydrogen-bond donors (Lipinski definition) is 0. The molecule has 0 bridgehead atoms. The fraction of sp³-hybridized carbons (Fsp3) is 0.889. The Balaban J connectivity index is 4.30. The Morgan fingerprint density at radius 1 is 1.00 bits per heavy atom. The van der Waals surface area contributed by atoms with Crippen molar-refractivity contribution in [3.8, 4) is 0 Å². The average Bonchev–Trinajstić information content (AvgIpc) is 2.30. The monoisotopic (exact) mass is 292 g/mol. The van der Waals surface area contributed by atoms with Gasteiger partial charge in [-0.15, -0.1) is 34.8 Å². The Labute approximate surface area is 110 Å². The molecule has 0 radical (unpaired) electrons. The smallest absolute Gasteiger partial charge is 0.366 e. The molecule has 96 valence electrons. The lowest BCUT2D eigenvalue weighted by atomic mass is 10.3. The Hall–Kier alpha value is 0.260. The van der Waals surface area contributed by atoms with Crippen LogP contribution in [0.2, 0.25) is 0 Å². The summed E-state index contributed by atoms with van der Waals surface area (Å²) >= 11 is 16.3. The number of carbonyl (C=O) groups excluding carboxylic acids is 1. The first kappa shape index (κ1) is 16.3. The van der Waals surface area contributed by atoms with Crippen molar-refractivity contribution in [1.29, 1.82) is 0 Å². The number of carbonyl (C=O) groups is 1. The highest BCUT2D eigenvalue weighted by atomic mass is 35.5. The van der Waals surface area contributed by atoms with Gasteiger partial charge < -0.3 is 14.2 Å². The number of ether oxygens (including phenoxy) is 3. The molecular formula is C9H15Cl3O4. The lowest BCUT2D eigenvalue weighted by Gasteiger charge is -2.26. The van der Waals surface area contributed by atoms with E-state index in [1.54, 1.807) is 0 Å². The van der Waals surface area contributed by atoms with Crippen molar-refractivity contribution < 1.29 is 19.0 Å². The van der Waals surface area contributed by atoms with Crippen molar-refractivity contribution in [1.82, 2.24) is 0 Å². The molecule has 0 aliphatic heterocycles. The molecule has 0 aromatic carbocycles. The molecule has 0 rings (SSSR count). The fourth-order valence-electron chi connectivity index (χ4n) is 0.889. The van der Waals surface area contributed by atoms with Gasteiger partial charge in [0.25, 0.3) is 5.79 Å². The third kappa shape index (κ3) is 6.11. The zero-order valence-electron chi connectivity index (χ0n) is 9.01. The standard InChI is InChI=1S/C9H15Cl3O4/c1-9(15-6-3-11,16-7-4-12)8(13)14-5-2-10/h2-7H2,1H3. The first-order chi connectivity index (χ1) is 7.60. The van der Waals surface area contributed by atoms with E-state index >= 15 is 0 Å². The molecule has 0 fully saturated rings. The minimum atomic E-state index is -1.48. The third-order valence-corrected chi connectivity index (χ3v) is 2.05. The number of hydrogen-bond acceptors (Lipinski definition) is 4. The first-order valence-electron chi connectivity index (χ1n) is 4.73. The van der Waals surface area contributed by atoms with Crippen molar-refractivity contribution in [2.75, 3.05) is 37.5 Å². The number of rotatable bonds is 9. The predicted molar refractivity (Wildman–Crippen MR) is 63.4 cm³/mol. The van der Waals surface area contributed by atoms with Crippen LogP contribution in [0.3, 0.4) is 0 Å². The zero-order valence-corrected chi connectivity index (χ0v) is 11.3. The molecule has 0 heterocycles. The summed E-state index contributed by atoms with van der Waals surface area (Å²) in [5.74, 6) is -1.39. The molecule has 0 N–H and O–H groups in total. The van der Waals surface area contributed by atoms with Crippen molar-refractivity contribution in [2.24, 2.45) is 0 Å². The second-order valence-electron chi connectivity index (χ2n) is 2.85. The Morgan fingerprint density at radius 2 is 1.44 bits per heavy atom. The summed E-state index contributed by atoms with van der Waals surface area (Å²) in [6.07, 6.45) is 0. The number of halogens is 3. The summed E-state index contributed by atoms with van der Waals surface area (Å²) in [6.45, 7) is 1.92. The van der Waals surface area contributed by atoms with Crippen LogP contribution in [0.5, 0.6) is 0 Å². The molecule has 0 aromatic heterocycles. The summed E-state index contributed by atoms with van der Waals surface area (Å²) in [5, 5.41) is 0. The van der Waals surface area contributed by atoms with Crippen LogP contribution in [0.4, 0.5) is 0 Å². The van der Waals surface area contributed by atoms with Crippen LogP contribution in [-0.2, 0) is 19.0 Å². The average molecular weight is 294 g/mol. The van der Waals surface area contributed by atoms with E-state index in [-0.39, 0.29) is 37.5 Å². The predicted octanol–water partition coefficient (Wildman–Crippen LogP) is 2.00. The highest BCUT2D eigenvalue weighted by Crippen LogP contribution is 2.15. The zero-order chi connectivity index (χ0) is 12.4. The van der Waals surface area contributed by atoms with E-state index in [2.05, 4.69) is 0 Å². The SMILES string of the molecule is CC(OCCCl)(OCCCl)C(=O)OCCCl. The van der Waals surface area contributed by atoms with Crippen molar-refractivity contribution in [3.63, 3.8) is 0 Å². The molecular weight excluding hydrogens is 278 g/mol. The van der Waals surface area contributed by atoms with Gasteiger partial charge in [-0.1, -0.05) is 0 Å². The molecule has 16 heavy (non-hydrogen) atoms. The molecule has 4 nitrogen and oxygen atoms in total. The van der Waals surface area contributed by atoms with Crippen molar-refractivity contribution >= 4 is 40.8 Å². The molecule has 0 aliphatic rings. The van der Waals surface area contributed by atoms with Crippen LogP contribution in [-0.4, -0.2) is 49.2 Å². The number of alkyl halides is 3. The van der Waals surface area contributed by atoms with Gasteiger partial charge in [-0.25, -0.2) is 4.79 Å². The topological polar surface area (TPSA) is 44.8 Å². The molecule has 7 heteroatoms. The number of esters is 1. The highest BCUT2D eigenvalue weighted by molar-refractivity contribution is 6.18. The Morgan fingerprint density at radius 3 is 1.81 bits per heavy atom. The van der Waals surface area contributed by atoms with Crippen molar-refractivity contribution in [3.05, 3.63) is 0 Å². The highest BCUT2D eigenvalue weighted by Gasteiger charge is 2.37. The van der Waals surface area contributed by atoms with Crippen molar-refractivity contribution in [2.45, 2.75) is 12.7 Å². The maximum atomic E-state index is 11.6. The summed E-state index contributed by atoms with van der Waals surface area (Å²) < 4.78 is 15.3. The molecule has 0 saturated carbocycles. The quantitative estimate of drug-likeness (QED) is 0.370. The summed E-state index contributed by atoms with van der Waals surface area (Å²) in [4.78, 5) is 11.6. The van der Waals surface area contributed by atoms with E-state index < -0.39 is 11.8 Å². The molecule has 0 aliphatic carbocycles. The van der Waals surface area contributed by atoms with Crippen LogP contribution in [0, 0.1) is 0 Å². The molecule has 0 spiro atoms. The second-order valence-corrected chi connectivity index (χ2v) is 3.98. The molecule has 0 unspecified atom stereocenters. The van der Waals surface area contributed by atoms with Gasteiger partial charge in [0.2, 0.25) is 0 Å². The summed E-state index contributed by atoms with van der Waals surface area (Å²) in [7, 11) is 0. The van der Waals surface area contributed by atoms with E-state index in [9.17, 15) is 4.79 Å². The van der Waals surface area contributed by atoms with E-state index in [4.69, 9.17) is 49.0 Å². The van der Waals surface area contributed by atoms with Gasteiger partial charge in [0.15, 0.2) is 0 Å². The Bertz CT molecular complexity index is 193. The van der Waals surface area contributed by atoms with Crippen LogP contribution in [0.1, 0.15) is 6.92 Å². The fourth-order valence-corrected chi connectivity index (χ4v) is 1.12. The lowest BCUT2D eigenvalue weighted by Crippen LogP contribution is -2.44.